The van der Waals surface area contributed by atoms with E-state index in [0.717, 1.165) is 11.8 Å². The number of amides is 1. The first kappa shape index (κ1) is 10.3. The lowest BCUT2D eigenvalue weighted by Gasteiger charge is -2.28. The molecule has 1 heterocycles. The number of rotatable bonds is 3. The van der Waals surface area contributed by atoms with Crippen molar-refractivity contribution < 1.29 is 14.7 Å². The summed E-state index contributed by atoms with van der Waals surface area (Å²) in [7, 11) is 0. The number of thioether (sulfide) groups is 1. The van der Waals surface area contributed by atoms with Crippen LogP contribution in [0.3, 0.4) is 0 Å². The summed E-state index contributed by atoms with van der Waals surface area (Å²) < 4.78 is 0. The van der Waals surface area contributed by atoms with Crippen molar-refractivity contribution in [1.82, 2.24) is 10.6 Å². The Balaban J connectivity index is 2.33. The van der Waals surface area contributed by atoms with Gasteiger partial charge in [-0.3, -0.25) is 14.9 Å². The number of aliphatic carboxylic acids is 1. The zero-order valence-corrected chi connectivity index (χ0v) is 7.63. The standard InChI is InChI=1S/C6H11N3O3S/c7-3-1-4(10)9-6(8-3)13-2-5(11)12/h3,6,8H,1-2,7H2,(H,9,10)(H,11,12). The van der Waals surface area contributed by atoms with Crippen LogP contribution in [0.1, 0.15) is 6.42 Å². The summed E-state index contributed by atoms with van der Waals surface area (Å²) in [5.74, 6) is -1.14. The molecular formula is C6H11N3O3S. The van der Waals surface area contributed by atoms with Gasteiger partial charge in [0.2, 0.25) is 5.91 Å². The molecule has 1 aliphatic rings. The Labute approximate surface area is 79.2 Å². The lowest BCUT2D eigenvalue weighted by Crippen LogP contribution is -2.58. The predicted molar refractivity (Wildman–Crippen MR) is 47.8 cm³/mol. The summed E-state index contributed by atoms with van der Waals surface area (Å²) in [6.07, 6.45) is -0.163. The number of carbonyl (C=O) groups is 2. The summed E-state index contributed by atoms with van der Waals surface area (Å²) in [6.45, 7) is 0. The van der Waals surface area contributed by atoms with Crippen LogP contribution in [0.15, 0.2) is 0 Å². The van der Waals surface area contributed by atoms with E-state index in [-0.39, 0.29) is 24.2 Å². The van der Waals surface area contributed by atoms with Crippen LogP contribution in [0.5, 0.6) is 0 Å². The third kappa shape index (κ3) is 3.62. The van der Waals surface area contributed by atoms with E-state index in [4.69, 9.17) is 10.8 Å². The molecule has 1 fully saturated rings. The van der Waals surface area contributed by atoms with E-state index in [2.05, 4.69) is 10.6 Å². The number of nitrogens with two attached hydrogens (primary N) is 1. The van der Waals surface area contributed by atoms with Gasteiger partial charge in [0.25, 0.3) is 0 Å². The smallest absolute Gasteiger partial charge is 0.313 e. The minimum Gasteiger partial charge on any atom is -0.481 e. The van der Waals surface area contributed by atoms with Gasteiger partial charge in [-0.25, -0.2) is 0 Å². The van der Waals surface area contributed by atoms with Crippen LogP contribution in [0.4, 0.5) is 0 Å². The van der Waals surface area contributed by atoms with Crippen LogP contribution in [-0.2, 0) is 9.59 Å². The Bertz CT molecular complexity index is 223. The van der Waals surface area contributed by atoms with Crippen molar-refractivity contribution in [2.45, 2.75) is 18.1 Å². The fraction of sp³-hybridized carbons (Fsp3) is 0.667. The Morgan fingerprint density at radius 3 is 3.00 bits per heavy atom. The first-order chi connectivity index (χ1) is 6.08. The van der Waals surface area contributed by atoms with Crippen LogP contribution in [0, 0.1) is 0 Å². The largest absolute Gasteiger partial charge is 0.481 e. The third-order valence-electron chi connectivity index (χ3n) is 1.44. The first-order valence-corrected chi connectivity index (χ1v) is 4.77. The van der Waals surface area contributed by atoms with E-state index < -0.39 is 11.5 Å². The molecular weight excluding hydrogens is 194 g/mol. The predicted octanol–water partition coefficient (Wildman–Crippen LogP) is -1.52. The highest BCUT2D eigenvalue weighted by Gasteiger charge is 2.23. The summed E-state index contributed by atoms with van der Waals surface area (Å²) in [6, 6.07) is 0. The number of hydrogen-bond acceptors (Lipinski definition) is 5. The van der Waals surface area contributed by atoms with E-state index >= 15 is 0 Å². The second-order valence-corrected chi connectivity index (χ2v) is 3.72. The van der Waals surface area contributed by atoms with Crippen molar-refractivity contribution in [3.63, 3.8) is 0 Å². The molecule has 1 amide bonds. The number of carboxylic acids is 1. The van der Waals surface area contributed by atoms with E-state index in [1.54, 1.807) is 0 Å². The molecule has 0 aromatic heterocycles. The monoisotopic (exact) mass is 205 g/mol. The maximum absolute atomic E-state index is 10.9. The molecule has 2 unspecified atom stereocenters. The van der Waals surface area contributed by atoms with Crippen molar-refractivity contribution in [3.8, 4) is 0 Å². The molecule has 0 aromatic rings. The molecule has 5 N–H and O–H groups in total. The first-order valence-electron chi connectivity index (χ1n) is 3.72. The Morgan fingerprint density at radius 1 is 1.77 bits per heavy atom. The average Bonchev–Trinajstić information content (AvgIpc) is 1.99. The second-order valence-electron chi connectivity index (χ2n) is 2.63. The van der Waals surface area contributed by atoms with Crippen LogP contribution in [0.25, 0.3) is 0 Å². The average molecular weight is 205 g/mol. The zero-order chi connectivity index (χ0) is 9.84. The van der Waals surface area contributed by atoms with Gasteiger partial charge in [-0.1, -0.05) is 0 Å². The molecule has 0 saturated carbocycles. The quantitative estimate of drug-likeness (QED) is 0.446. The van der Waals surface area contributed by atoms with Crippen molar-refractivity contribution >= 4 is 23.6 Å². The molecule has 0 radical (unpaired) electrons. The highest BCUT2D eigenvalue weighted by atomic mass is 32.2. The molecule has 0 aromatic carbocycles. The minimum atomic E-state index is -0.916. The van der Waals surface area contributed by atoms with Crippen molar-refractivity contribution in [2.24, 2.45) is 5.73 Å². The highest BCUT2D eigenvalue weighted by molar-refractivity contribution is 8.00. The molecule has 6 nitrogen and oxygen atoms in total. The molecule has 0 spiro atoms. The summed E-state index contributed by atoms with van der Waals surface area (Å²) in [4.78, 5) is 21.1. The van der Waals surface area contributed by atoms with Gasteiger partial charge in [0.15, 0.2) is 0 Å². The van der Waals surface area contributed by atoms with Crippen molar-refractivity contribution in [1.29, 1.82) is 0 Å². The Hall–Kier alpha value is -0.790. The van der Waals surface area contributed by atoms with Gasteiger partial charge in [0, 0.05) is 0 Å². The number of carboxylic acid groups (broad SMARTS) is 1. The topological polar surface area (TPSA) is 104 Å². The number of nitrogens with one attached hydrogen (secondary N) is 2. The van der Waals surface area contributed by atoms with Gasteiger partial charge >= 0.3 is 5.97 Å². The Kier molecular flexibility index (Phi) is 3.52. The third-order valence-corrected chi connectivity index (χ3v) is 2.44. The van der Waals surface area contributed by atoms with Gasteiger partial charge in [-0.05, 0) is 0 Å². The summed E-state index contributed by atoms with van der Waals surface area (Å²) in [5.41, 5.74) is 5.09. The number of hydrogen-bond donors (Lipinski definition) is 4. The van der Waals surface area contributed by atoms with Gasteiger partial charge in [0.1, 0.15) is 5.50 Å². The van der Waals surface area contributed by atoms with Crippen LogP contribution in [-0.4, -0.2) is 34.4 Å². The molecule has 13 heavy (non-hydrogen) atoms. The highest BCUT2D eigenvalue weighted by Crippen LogP contribution is 2.09. The van der Waals surface area contributed by atoms with Gasteiger partial charge in [0.05, 0.1) is 18.3 Å². The SMILES string of the molecule is NC1CC(=O)NC(SCC(=O)O)N1. The summed E-state index contributed by atoms with van der Waals surface area (Å²) >= 11 is 1.09. The van der Waals surface area contributed by atoms with Crippen molar-refractivity contribution in [2.75, 3.05) is 5.75 Å². The molecule has 0 bridgehead atoms. The van der Waals surface area contributed by atoms with Crippen LogP contribution < -0.4 is 16.4 Å². The van der Waals surface area contributed by atoms with Gasteiger partial charge in [-0.15, -0.1) is 11.8 Å². The van der Waals surface area contributed by atoms with E-state index in [9.17, 15) is 9.59 Å². The number of carbonyl (C=O) groups excluding carboxylic acids is 1. The summed E-state index contributed by atoms with van der Waals surface area (Å²) in [5, 5.41) is 13.8. The maximum atomic E-state index is 10.9. The lowest BCUT2D eigenvalue weighted by molar-refractivity contribution is -0.134. The Morgan fingerprint density at radius 2 is 2.46 bits per heavy atom. The van der Waals surface area contributed by atoms with Crippen LogP contribution in [0.2, 0.25) is 0 Å². The van der Waals surface area contributed by atoms with Gasteiger partial charge in [-0.2, -0.15) is 0 Å². The minimum absolute atomic E-state index is 0.0648. The molecule has 0 aliphatic carbocycles. The van der Waals surface area contributed by atoms with E-state index in [1.165, 1.54) is 0 Å². The van der Waals surface area contributed by atoms with E-state index in [1.807, 2.05) is 0 Å². The lowest BCUT2D eigenvalue weighted by atomic mass is 10.3. The maximum Gasteiger partial charge on any atom is 0.313 e. The fourth-order valence-corrected chi connectivity index (χ4v) is 1.74. The normalized spacial score (nSPS) is 28.2. The van der Waals surface area contributed by atoms with E-state index in [0.29, 0.717) is 0 Å². The fourth-order valence-electron chi connectivity index (χ4n) is 0.944. The van der Waals surface area contributed by atoms with Crippen molar-refractivity contribution in [3.05, 3.63) is 0 Å². The second kappa shape index (κ2) is 4.45. The molecule has 1 aliphatic heterocycles. The molecule has 2 atom stereocenters. The molecule has 1 rings (SSSR count). The van der Waals surface area contributed by atoms with Crippen LogP contribution >= 0.6 is 11.8 Å². The zero-order valence-electron chi connectivity index (χ0n) is 6.82. The molecule has 74 valence electrons. The molecule has 1 saturated heterocycles. The molecule has 7 heteroatoms. The van der Waals surface area contributed by atoms with Gasteiger partial charge < -0.3 is 16.2 Å².